The highest BCUT2D eigenvalue weighted by Gasteiger charge is 2.44. The number of anilines is 1. The average Bonchev–Trinajstić information content (AvgIpc) is 3.34. The SMILES string of the molecule is [C-]#[N+]c1ccc2c(c1)C(C)(C)c1c3c(c4ccccc4c1-2)OC(c1ccc(SC)cc1)(c1ccc(N2CCOCC2)cc1)C=C3. The molecule has 3 aliphatic rings. The van der Waals surface area contributed by atoms with Gasteiger partial charge in [-0.15, -0.1) is 11.8 Å². The summed E-state index contributed by atoms with van der Waals surface area (Å²) >= 11 is 1.74. The summed E-state index contributed by atoms with van der Waals surface area (Å²) < 4.78 is 13.0. The van der Waals surface area contributed by atoms with Crippen molar-refractivity contribution >= 4 is 40.0 Å². The zero-order chi connectivity index (χ0) is 30.8. The molecule has 1 unspecified atom stereocenters. The van der Waals surface area contributed by atoms with Crippen LogP contribution in [0.3, 0.4) is 0 Å². The Balaban J connectivity index is 1.34. The van der Waals surface area contributed by atoms with E-state index in [1.807, 2.05) is 6.07 Å². The summed E-state index contributed by atoms with van der Waals surface area (Å²) in [4.78, 5) is 7.37. The van der Waals surface area contributed by atoms with Gasteiger partial charge >= 0.3 is 0 Å². The lowest BCUT2D eigenvalue weighted by molar-refractivity contribution is 0.122. The Morgan fingerprint density at radius 2 is 1.53 bits per heavy atom. The minimum atomic E-state index is -0.808. The molecular weight excluding hydrogens is 573 g/mol. The van der Waals surface area contributed by atoms with Gasteiger partial charge in [-0.2, -0.15) is 0 Å². The van der Waals surface area contributed by atoms with Gasteiger partial charge in [0.2, 0.25) is 0 Å². The zero-order valence-corrected chi connectivity index (χ0v) is 26.6. The van der Waals surface area contributed by atoms with Crippen molar-refractivity contribution in [2.45, 2.75) is 29.8 Å². The number of benzene rings is 5. The number of fused-ring (bicyclic) bond motifs is 8. The summed E-state index contributed by atoms with van der Waals surface area (Å²) in [5.74, 6) is 0.907. The third-order valence-electron chi connectivity index (χ3n) is 9.84. The van der Waals surface area contributed by atoms with Crippen LogP contribution in [-0.4, -0.2) is 32.6 Å². The topological polar surface area (TPSA) is 26.1 Å². The summed E-state index contributed by atoms with van der Waals surface area (Å²) in [6.07, 6.45) is 6.66. The minimum absolute atomic E-state index is 0.299. The van der Waals surface area contributed by atoms with Crippen LogP contribution in [0.25, 0.3) is 32.8 Å². The Morgan fingerprint density at radius 3 is 2.22 bits per heavy atom. The Hall–Kier alpha value is -4.50. The minimum Gasteiger partial charge on any atom is -0.472 e. The number of thioether (sulfide) groups is 1. The fraction of sp³-hybridized carbons (Fsp3) is 0.225. The van der Waals surface area contributed by atoms with Crippen molar-refractivity contribution in [2.75, 3.05) is 37.5 Å². The van der Waals surface area contributed by atoms with Crippen LogP contribution in [0, 0.1) is 6.57 Å². The zero-order valence-electron chi connectivity index (χ0n) is 25.8. The van der Waals surface area contributed by atoms with Crippen molar-refractivity contribution in [1.29, 1.82) is 0 Å². The summed E-state index contributed by atoms with van der Waals surface area (Å²) in [7, 11) is 0. The smallest absolute Gasteiger partial charge is 0.187 e. The molecule has 1 atom stereocenters. The quantitative estimate of drug-likeness (QED) is 0.150. The van der Waals surface area contributed by atoms with Gasteiger partial charge in [-0.3, -0.25) is 0 Å². The van der Waals surface area contributed by atoms with Gasteiger partial charge in [-0.1, -0.05) is 86.7 Å². The molecular formula is C40H34N2O2S. The Morgan fingerprint density at radius 1 is 0.844 bits per heavy atom. The van der Waals surface area contributed by atoms with Crippen molar-refractivity contribution in [3.8, 4) is 16.9 Å². The van der Waals surface area contributed by atoms with E-state index in [0.29, 0.717) is 5.69 Å². The molecule has 0 radical (unpaired) electrons. The Labute approximate surface area is 269 Å². The van der Waals surface area contributed by atoms with Crippen LogP contribution in [0.4, 0.5) is 11.4 Å². The normalized spacial score (nSPS) is 19.4. The highest BCUT2D eigenvalue weighted by atomic mass is 32.2. The molecule has 2 aliphatic heterocycles. The van der Waals surface area contributed by atoms with Crippen LogP contribution in [0.15, 0.2) is 102 Å². The first-order valence-electron chi connectivity index (χ1n) is 15.5. The van der Waals surface area contributed by atoms with Gasteiger partial charge in [0.15, 0.2) is 11.3 Å². The van der Waals surface area contributed by atoms with Crippen LogP contribution in [0.5, 0.6) is 5.75 Å². The first kappa shape index (κ1) is 28.0. The van der Waals surface area contributed by atoms with Crippen molar-refractivity contribution in [1.82, 2.24) is 0 Å². The van der Waals surface area contributed by atoms with Gasteiger partial charge in [0.05, 0.1) is 19.8 Å². The van der Waals surface area contributed by atoms with E-state index in [1.54, 1.807) is 11.8 Å². The molecule has 1 aliphatic carbocycles. The standard InChI is InChI=1S/C40H34N2O2S/c1-39(2)35-25-28(41-3)13-18-33(35)36-31-7-5-6-8-32(31)38-34(37(36)39)19-20-40(44-38,27-11-16-30(45-4)17-12-27)26-9-14-29(15-10-26)42-21-23-43-24-22-42/h5-20,25H,21-24H2,1-2,4H3. The molecule has 0 spiro atoms. The van der Waals surface area contributed by atoms with E-state index in [9.17, 15) is 0 Å². The van der Waals surface area contributed by atoms with E-state index in [1.165, 1.54) is 38.2 Å². The molecule has 5 aromatic carbocycles. The fourth-order valence-electron chi connectivity index (χ4n) is 7.55. The highest BCUT2D eigenvalue weighted by Crippen LogP contribution is 2.58. The molecule has 5 aromatic rings. The highest BCUT2D eigenvalue weighted by molar-refractivity contribution is 7.98. The van der Waals surface area contributed by atoms with Crippen LogP contribution >= 0.6 is 11.8 Å². The second-order valence-electron chi connectivity index (χ2n) is 12.6. The lowest BCUT2D eigenvalue weighted by Crippen LogP contribution is -2.37. The second kappa shape index (κ2) is 10.5. The fourth-order valence-corrected chi connectivity index (χ4v) is 7.96. The van der Waals surface area contributed by atoms with Gasteiger partial charge in [0, 0.05) is 51.2 Å². The van der Waals surface area contributed by atoms with Gasteiger partial charge in [-0.25, -0.2) is 4.85 Å². The predicted molar refractivity (Wildman–Crippen MR) is 186 cm³/mol. The molecule has 45 heavy (non-hydrogen) atoms. The van der Waals surface area contributed by atoms with E-state index in [2.05, 4.69) is 127 Å². The first-order chi connectivity index (χ1) is 21.9. The number of morpholine rings is 1. The Kier molecular flexibility index (Phi) is 6.57. The number of ether oxygens (including phenoxy) is 2. The summed E-state index contributed by atoms with van der Waals surface area (Å²) in [6.45, 7) is 15.5. The average molecular weight is 607 g/mol. The summed E-state index contributed by atoms with van der Waals surface area (Å²) in [5, 5.41) is 2.28. The van der Waals surface area contributed by atoms with E-state index in [4.69, 9.17) is 16.0 Å². The molecule has 4 nitrogen and oxygen atoms in total. The lowest BCUT2D eigenvalue weighted by atomic mass is 9.76. The molecule has 8 rings (SSSR count). The lowest BCUT2D eigenvalue weighted by Gasteiger charge is -2.39. The molecule has 0 N–H and O–H groups in total. The van der Waals surface area contributed by atoms with E-state index in [-0.39, 0.29) is 5.41 Å². The van der Waals surface area contributed by atoms with Crippen molar-refractivity contribution in [3.63, 3.8) is 0 Å². The number of rotatable bonds is 4. The number of nitrogens with zero attached hydrogens (tertiary/aromatic N) is 2. The van der Waals surface area contributed by atoms with Gasteiger partial charge < -0.3 is 14.4 Å². The van der Waals surface area contributed by atoms with Crippen molar-refractivity contribution in [3.05, 3.63) is 136 Å². The maximum absolute atomic E-state index is 7.67. The predicted octanol–water partition coefficient (Wildman–Crippen LogP) is 9.60. The van der Waals surface area contributed by atoms with Crippen molar-refractivity contribution in [2.24, 2.45) is 0 Å². The van der Waals surface area contributed by atoms with Crippen molar-refractivity contribution < 1.29 is 9.47 Å². The van der Waals surface area contributed by atoms with E-state index < -0.39 is 5.60 Å². The molecule has 0 bridgehead atoms. The van der Waals surface area contributed by atoms with Gasteiger partial charge in [-0.05, 0) is 64.2 Å². The molecule has 0 saturated carbocycles. The molecule has 222 valence electrons. The third kappa shape index (κ3) is 4.24. The molecule has 2 heterocycles. The molecule has 0 aromatic heterocycles. The third-order valence-corrected chi connectivity index (χ3v) is 10.6. The number of hydrogen-bond donors (Lipinski definition) is 0. The maximum atomic E-state index is 7.67. The molecule has 5 heteroatoms. The van der Waals surface area contributed by atoms with Crippen LogP contribution in [-0.2, 0) is 15.8 Å². The first-order valence-corrected chi connectivity index (χ1v) is 16.7. The Bertz CT molecular complexity index is 2030. The number of hydrogen-bond acceptors (Lipinski definition) is 4. The van der Waals surface area contributed by atoms with Crippen LogP contribution in [0.1, 0.15) is 41.7 Å². The van der Waals surface area contributed by atoms with Gasteiger partial charge in [0.1, 0.15) is 5.75 Å². The van der Waals surface area contributed by atoms with Crippen LogP contribution < -0.4 is 9.64 Å². The summed E-state index contributed by atoms with van der Waals surface area (Å²) in [5.41, 5.74) is 8.99. The van der Waals surface area contributed by atoms with E-state index in [0.717, 1.165) is 54.1 Å². The van der Waals surface area contributed by atoms with E-state index >= 15 is 0 Å². The van der Waals surface area contributed by atoms with Crippen LogP contribution in [0.2, 0.25) is 0 Å². The van der Waals surface area contributed by atoms with Gasteiger partial charge in [0.25, 0.3) is 0 Å². The second-order valence-corrected chi connectivity index (χ2v) is 13.4. The summed E-state index contributed by atoms with van der Waals surface area (Å²) in [6, 6.07) is 32.5. The maximum Gasteiger partial charge on any atom is 0.187 e. The molecule has 0 amide bonds. The molecule has 1 fully saturated rings. The largest absolute Gasteiger partial charge is 0.472 e. The molecule has 1 saturated heterocycles. The monoisotopic (exact) mass is 606 g/mol.